The molecule has 19 heavy (non-hydrogen) atoms. The fourth-order valence-electron chi connectivity index (χ4n) is 2.45. The van der Waals surface area contributed by atoms with Crippen molar-refractivity contribution >= 4 is 11.4 Å². The third-order valence-corrected chi connectivity index (χ3v) is 3.66. The van der Waals surface area contributed by atoms with Crippen molar-refractivity contribution < 1.29 is 0 Å². The van der Waals surface area contributed by atoms with Crippen LogP contribution in [0.4, 0.5) is 0 Å². The van der Waals surface area contributed by atoms with E-state index in [1.807, 2.05) is 13.1 Å². The van der Waals surface area contributed by atoms with Crippen LogP contribution >= 0.6 is 0 Å². The summed E-state index contributed by atoms with van der Waals surface area (Å²) in [7, 11) is 3.56. The maximum absolute atomic E-state index is 12.0. The van der Waals surface area contributed by atoms with E-state index in [1.54, 1.807) is 13.2 Å². The summed E-state index contributed by atoms with van der Waals surface area (Å²) in [4.78, 5) is 19.0. The lowest BCUT2D eigenvalue weighted by Crippen LogP contribution is -2.22. The lowest BCUT2D eigenvalue weighted by atomic mass is 9.88. The summed E-state index contributed by atoms with van der Waals surface area (Å²) < 4.78 is 0. The number of aromatic nitrogens is 1. The topological polar surface area (TPSA) is 57.2 Å². The first kappa shape index (κ1) is 13.6. The zero-order chi connectivity index (χ0) is 13.8. The van der Waals surface area contributed by atoms with Crippen molar-refractivity contribution in [3.8, 4) is 0 Å². The molecule has 1 atom stereocenters. The van der Waals surface area contributed by atoms with Gasteiger partial charge >= 0.3 is 0 Å². The Balaban J connectivity index is 2.41. The van der Waals surface area contributed by atoms with Crippen LogP contribution in [0.1, 0.15) is 37.3 Å². The highest BCUT2D eigenvalue weighted by Gasteiger charge is 2.15. The summed E-state index contributed by atoms with van der Waals surface area (Å²) in [5, 5.41) is 3.03. The number of aliphatic imine (C=N–C) groups is 1. The smallest absolute Gasteiger partial charge is 0.255 e. The normalized spacial score (nSPS) is 20.1. The molecule has 0 aliphatic heterocycles. The third kappa shape index (κ3) is 2.95. The Bertz CT molecular complexity index is 569. The average Bonchev–Trinajstić information content (AvgIpc) is 2.43. The summed E-state index contributed by atoms with van der Waals surface area (Å²) in [5.74, 6) is 1.50. The lowest BCUT2D eigenvalue weighted by Gasteiger charge is -2.18. The highest BCUT2D eigenvalue weighted by atomic mass is 16.1. The van der Waals surface area contributed by atoms with Crippen LogP contribution in [0.25, 0.3) is 5.57 Å². The molecule has 4 nitrogen and oxygen atoms in total. The minimum absolute atomic E-state index is 0.0175. The summed E-state index contributed by atoms with van der Waals surface area (Å²) in [5.41, 5.74) is 2.84. The molecule has 0 saturated heterocycles. The van der Waals surface area contributed by atoms with Crippen molar-refractivity contribution in [3.05, 3.63) is 39.8 Å². The summed E-state index contributed by atoms with van der Waals surface area (Å²) in [6.07, 6.45) is 7.09. The second kappa shape index (κ2) is 5.87. The molecule has 1 aliphatic rings. The van der Waals surface area contributed by atoms with E-state index < -0.39 is 0 Å². The van der Waals surface area contributed by atoms with Crippen molar-refractivity contribution in [3.63, 3.8) is 0 Å². The number of allylic oxidation sites excluding steroid dienone is 2. The van der Waals surface area contributed by atoms with Gasteiger partial charge in [-0.05, 0) is 36.8 Å². The first-order valence-electron chi connectivity index (χ1n) is 6.72. The first-order valence-corrected chi connectivity index (χ1v) is 6.72. The van der Waals surface area contributed by atoms with E-state index in [0.717, 1.165) is 47.7 Å². The van der Waals surface area contributed by atoms with E-state index in [-0.39, 0.29) is 5.56 Å². The number of aromatic amines is 1. The SMILES string of the molecule is CN=C(NC)c1c[nH]c(=O)c(C2=CCC(C)CC2)c1. The molecule has 1 heterocycles. The van der Waals surface area contributed by atoms with Crippen molar-refractivity contribution in [2.24, 2.45) is 10.9 Å². The Labute approximate surface area is 113 Å². The van der Waals surface area contributed by atoms with Crippen LogP contribution < -0.4 is 10.9 Å². The standard InChI is InChI=1S/C15H21N3O/c1-10-4-6-11(7-5-10)13-8-12(9-18-15(13)19)14(16-2)17-3/h6,8-10H,4-5,7H2,1-3H3,(H,16,17)(H,18,19). The Morgan fingerprint density at radius 2 is 2.32 bits per heavy atom. The van der Waals surface area contributed by atoms with E-state index in [2.05, 4.69) is 28.3 Å². The number of hydrogen-bond acceptors (Lipinski definition) is 2. The molecule has 2 N–H and O–H groups in total. The van der Waals surface area contributed by atoms with Gasteiger partial charge in [-0.15, -0.1) is 0 Å². The lowest BCUT2D eigenvalue weighted by molar-refractivity contribution is 0.533. The molecule has 1 aromatic rings. The molecule has 0 fully saturated rings. The first-order chi connectivity index (χ1) is 9.15. The second-order valence-electron chi connectivity index (χ2n) is 5.06. The zero-order valence-electron chi connectivity index (χ0n) is 11.8. The van der Waals surface area contributed by atoms with Gasteiger partial charge in [-0.1, -0.05) is 13.0 Å². The summed E-state index contributed by atoms with van der Waals surface area (Å²) >= 11 is 0. The molecular weight excluding hydrogens is 238 g/mol. The van der Waals surface area contributed by atoms with Gasteiger partial charge in [0.25, 0.3) is 5.56 Å². The molecule has 0 aromatic carbocycles. The number of rotatable bonds is 2. The highest BCUT2D eigenvalue weighted by molar-refractivity contribution is 5.98. The largest absolute Gasteiger partial charge is 0.373 e. The molecule has 1 unspecified atom stereocenters. The number of hydrogen-bond donors (Lipinski definition) is 2. The average molecular weight is 259 g/mol. The molecule has 1 aliphatic carbocycles. The van der Waals surface area contributed by atoms with Crippen LogP contribution in [0, 0.1) is 5.92 Å². The van der Waals surface area contributed by atoms with Crippen LogP contribution in [0.2, 0.25) is 0 Å². The van der Waals surface area contributed by atoms with Gasteiger partial charge in [-0.25, -0.2) is 0 Å². The molecule has 0 radical (unpaired) electrons. The van der Waals surface area contributed by atoms with Gasteiger partial charge in [0.2, 0.25) is 0 Å². The minimum atomic E-state index is -0.0175. The molecule has 0 amide bonds. The predicted molar refractivity (Wildman–Crippen MR) is 79.6 cm³/mol. The zero-order valence-corrected chi connectivity index (χ0v) is 11.8. The van der Waals surface area contributed by atoms with Crippen molar-refractivity contribution in [2.75, 3.05) is 14.1 Å². The van der Waals surface area contributed by atoms with Gasteiger partial charge in [-0.3, -0.25) is 9.79 Å². The number of amidine groups is 1. The summed E-state index contributed by atoms with van der Waals surface area (Å²) in [6, 6.07) is 1.93. The molecular formula is C15H21N3O. The third-order valence-electron chi connectivity index (χ3n) is 3.66. The van der Waals surface area contributed by atoms with E-state index in [9.17, 15) is 4.79 Å². The maximum Gasteiger partial charge on any atom is 0.255 e. The van der Waals surface area contributed by atoms with Crippen LogP contribution in [-0.4, -0.2) is 24.9 Å². The predicted octanol–water partition coefficient (Wildman–Crippen LogP) is 2.17. The van der Waals surface area contributed by atoms with Crippen LogP contribution in [0.5, 0.6) is 0 Å². The molecule has 0 bridgehead atoms. The molecule has 4 heteroatoms. The highest BCUT2D eigenvalue weighted by Crippen LogP contribution is 2.28. The van der Waals surface area contributed by atoms with Crippen molar-refractivity contribution in [1.29, 1.82) is 0 Å². The monoisotopic (exact) mass is 259 g/mol. The van der Waals surface area contributed by atoms with Crippen molar-refractivity contribution in [1.82, 2.24) is 10.3 Å². The quantitative estimate of drug-likeness (QED) is 0.631. The Morgan fingerprint density at radius 3 is 2.89 bits per heavy atom. The van der Waals surface area contributed by atoms with Crippen LogP contribution in [0.3, 0.4) is 0 Å². The van der Waals surface area contributed by atoms with Crippen LogP contribution in [0.15, 0.2) is 28.1 Å². The van der Waals surface area contributed by atoms with Gasteiger partial charge in [0, 0.05) is 31.4 Å². The number of pyridine rings is 1. The van der Waals surface area contributed by atoms with Crippen LogP contribution in [-0.2, 0) is 0 Å². The molecule has 0 spiro atoms. The molecule has 0 saturated carbocycles. The van der Waals surface area contributed by atoms with Gasteiger partial charge < -0.3 is 10.3 Å². The van der Waals surface area contributed by atoms with Crippen molar-refractivity contribution in [2.45, 2.75) is 26.2 Å². The fourth-order valence-corrected chi connectivity index (χ4v) is 2.45. The second-order valence-corrected chi connectivity index (χ2v) is 5.06. The Morgan fingerprint density at radius 1 is 1.53 bits per heavy atom. The molecule has 102 valence electrons. The van der Waals surface area contributed by atoms with E-state index >= 15 is 0 Å². The summed E-state index contributed by atoms with van der Waals surface area (Å²) in [6.45, 7) is 2.25. The minimum Gasteiger partial charge on any atom is -0.373 e. The molecule has 1 aromatic heterocycles. The van der Waals surface area contributed by atoms with Gasteiger partial charge in [-0.2, -0.15) is 0 Å². The van der Waals surface area contributed by atoms with Gasteiger partial charge in [0.1, 0.15) is 5.84 Å². The number of nitrogens with zero attached hydrogens (tertiary/aromatic N) is 1. The fraction of sp³-hybridized carbons (Fsp3) is 0.467. The Kier molecular flexibility index (Phi) is 4.20. The molecule has 2 rings (SSSR count). The maximum atomic E-state index is 12.0. The van der Waals surface area contributed by atoms with Gasteiger partial charge in [0.15, 0.2) is 0 Å². The van der Waals surface area contributed by atoms with E-state index in [1.165, 1.54) is 0 Å². The number of H-pyrrole nitrogens is 1. The Hall–Kier alpha value is -1.84. The van der Waals surface area contributed by atoms with E-state index in [4.69, 9.17) is 0 Å². The number of nitrogens with one attached hydrogen (secondary N) is 2. The van der Waals surface area contributed by atoms with E-state index in [0.29, 0.717) is 0 Å². The van der Waals surface area contributed by atoms with Gasteiger partial charge in [0.05, 0.1) is 0 Å².